The van der Waals surface area contributed by atoms with Crippen LogP contribution in [-0.2, 0) is 4.79 Å². The van der Waals surface area contributed by atoms with Gasteiger partial charge in [-0.05, 0) is 19.4 Å². The smallest absolute Gasteiger partial charge is 0.242 e. The van der Waals surface area contributed by atoms with E-state index < -0.39 is 0 Å². The van der Waals surface area contributed by atoms with E-state index in [1.54, 1.807) is 12.3 Å². The molecule has 2 heterocycles. The highest BCUT2D eigenvalue weighted by Crippen LogP contribution is 2.09. The van der Waals surface area contributed by atoms with E-state index in [2.05, 4.69) is 20.8 Å². The minimum Gasteiger partial charge on any atom is -0.310 e. The molecule has 1 aromatic heterocycles. The molecule has 1 aromatic rings. The quantitative estimate of drug-likeness (QED) is 0.641. The summed E-state index contributed by atoms with van der Waals surface area (Å²) in [7, 11) is 0. The third-order valence-electron chi connectivity index (χ3n) is 2.39. The maximum Gasteiger partial charge on any atom is 0.242 e. The van der Waals surface area contributed by atoms with Crippen molar-refractivity contribution in [3.05, 3.63) is 12.3 Å². The molecule has 5 heteroatoms. The van der Waals surface area contributed by atoms with Crippen LogP contribution >= 0.6 is 0 Å². The largest absolute Gasteiger partial charge is 0.310 e. The van der Waals surface area contributed by atoms with E-state index in [1.807, 2.05) is 0 Å². The molecule has 76 valence electrons. The van der Waals surface area contributed by atoms with Gasteiger partial charge in [-0.15, -0.1) is 0 Å². The molecule has 1 aliphatic heterocycles. The first-order valence-electron chi connectivity index (χ1n) is 4.90. The Labute approximate surface area is 82.3 Å². The number of nitrogens with one attached hydrogen (secondary N) is 3. The summed E-state index contributed by atoms with van der Waals surface area (Å²) >= 11 is 0. The maximum absolute atomic E-state index is 11.6. The Kier molecular flexibility index (Phi) is 2.78. The Morgan fingerprint density at radius 1 is 1.57 bits per heavy atom. The van der Waals surface area contributed by atoms with Crippen molar-refractivity contribution >= 4 is 11.7 Å². The minimum absolute atomic E-state index is 0.0222. The van der Waals surface area contributed by atoms with E-state index in [0.717, 1.165) is 25.8 Å². The van der Waals surface area contributed by atoms with Crippen molar-refractivity contribution in [1.82, 2.24) is 15.5 Å². The zero-order valence-corrected chi connectivity index (χ0v) is 7.92. The van der Waals surface area contributed by atoms with Gasteiger partial charge in [-0.1, -0.05) is 6.42 Å². The number of carbonyl (C=O) groups is 1. The molecule has 0 radical (unpaired) electrons. The van der Waals surface area contributed by atoms with Gasteiger partial charge >= 0.3 is 0 Å². The van der Waals surface area contributed by atoms with Crippen LogP contribution in [0.15, 0.2) is 12.3 Å². The molecule has 0 saturated carbocycles. The Bertz CT molecular complexity index is 290. The molecule has 0 aromatic carbocycles. The molecular formula is C9H14N4O. The number of rotatable bonds is 2. The van der Waals surface area contributed by atoms with Gasteiger partial charge in [0.05, 0.1) is 12.2 Å². The number of carbonyl (C=O) groups excluding carboxylic acids is 1. The fraction of sp³-hybridized carbons (Fsp3) is 0.556. The van der Waals surface area contributed by atoms with E-state index >= 15 is 0 Å². The number of anilines is 1. The Hall–Kier alpha value is -1.36. The molecule has 0 aliphatic carbocycles. The van der Waals surface area contributed by atoms with Crippen molar-refractivity contribution in [3.63, 3.8) is 0 Å². The van der Waals surface area contributed by atoms with E-state index in [-0.39, 0.29) is 11.9 Å². The van der Waals surface area contributed by atoms with Gasteiger partial charge in [0.1, 0.15) is 5.82 Å². The topological polar surface area (TPSA) is 69.8 Å². The third-order valence-corrected chi connectivity index (χ3v) is 2.39. The van der Waals surface area contributed by atoms with Crippen LogP contribution in [-0.4, -0.2) is 28.7 Å². The fourth-order valence-corrected chi connectivity index (χ4v) is 1.62. The molecule has 2 rings (SSSR count). The highest BCUT2D eigenvalue weighted by Gasteiger charge is 2.20. The lowest BCUT2D eigenvalue weighted by molar-refractivity contribution is -0.118. The average molecular weight is 194 g/mol. The first kappa shape index (κ1) is 9.21. The normalized spacial score (nSPS) is 21.9. The summed E-state index contributed by atoms with van der Waals surface area (Å²) in [6, 6.07) is 1.69. The average Bonchev–Trinajstić information content (AvgIpc) is 2.72. The van der Waals surface area contributed by atoms with E-state index in [9.17, 15) is 4.79 Å². The molecule has 0 bridgehead atoms. The van der Waals surface area contributed by atoms with Gasteiger partial charge in [0.15, 0.2) is 0 Å². The van der Waals surface area contributed by atoms with Crippen molar-refractivity contribution in [3.8, 4) is 0 Å². The Morgan fingerprint density at radius 2 is 2.50 bits per heavy atom. The molecule has 1 atom stereocenters. The predicted molar refractivity (Wildman–Crippen MR) is 52.9 cm³/mol. The number of hydrogen-bond donors (Lipinski definition) is 3. The zero-order chi connectivity index (χ0) is 9.80. The number of nitrogens with zero attached hydrogens (tertiary/aromatic N) is 1. The first-order valence-corrected chi connectivity index (χ1v) is 4.90. The monoisotopic (exact) mass is 194 g/mol. The second-order valence-corrected chi connectivity index (χ2v) is 3.46. The van der Waals surface area contributed by atoms with Crippen LogP contribution in [0.25, 0.3) is 0 Å². The molecular weight excluding hydrogens is 180 g/mol. The van der Waals surface area contributed by atoms with Crippen LogP contribution in [0.3, 0.4) is 0 Å². The van der Waals surface area contributed by atoms with Crippen LogP contribution in [0.4, 0.5) is 5.82 Å². The highest BCUT2D eigenvalue weighted by molar-refractivity contribution is 5.94. The summed E-state index contributed by atoms with van der Waals surface area (Å²) in [5.74, 6) is 0.677. The van der Waals surface area contributed by atoms with E-state index in [0.29, 0.717) is 5.82 Å². The summed E-state index contributed by atoms with van der Waals surface area (Å²) in [5, 5.41) is 12.4. The van der Waals surface area contributed by atoms with E-state index in [1.165, 1.54) is 0 Å². The van der Waals surface area contributed by atoms with Gasteiger partial charge in [-0.2, -0.15) is 5.10 Å². The van der Waals surface area contributed by atoms with Gasteiger partial charge < -0.3 is 10.6 Å². The lowest BCUT2D eigenvalue weighted by Crippen LogP contribution is -2.43. The molecule has 1 aliphatic rings. The summed E-state index contributed by atoms with van der Waals surface area (Å²) in [5.41, 5.74) is 0. The number of amides is 1. The highest BCUT2D eigenvalue weighted by atomic mass is 16.2. The van der Waals surface area contributed by atoms with Crippen LogP contribution in [0.5, 0.6) is 0 Å². The van der Waals surface area contributed by atoms with Gasteiger partial charge in [0, 0.05) is 6.07 Å². The van der Waals surface area contributed by atoms with Crippen molar-refractivity contribution in [1.29, 1.82) is 0 Å². The lowest BCUT2D eigenvalue weighted by Gasteiger charge is -2.21. The number of aromatic nitrogens is 2. The first-order chi connectivity index (χ1) is 6.86. The van der Waals surface area contributed by atoms with Crippen molar-refractivity contribution < 1.29 is 4.79 Å². The Morgan fingerprint density at radius 3 is 3.14 bits per heavy atom. The number of hydrogen-bond acceptors (Lipinski definition) is 3. The second-order valence-electron chi connectivity index (χ2n) is 3.46. The molecule has 5 nitrogen and oxygen atoms in total. The molecule has 1 amide bonds. The van der Waals surface area contributed by atoms with Crippen LogP contribution in [0, 0.1) is 0 Å². The van der Waals surface area contributed by atoms with Gasteiger partial charge in [-0.25, -0.2) is 0 Å². The Balaban J connectivity index is 1.88. The maximum atomic E-state index is 11.6. The van der Waals surface area contributed by atoms with Crippen molar-refractivity contribution in [2.45, 2.75) is 25.3 Å². The van der Waals surface area contributed by atoms with Crippen LogP contribution in [0.2, 0.25) is 0 Å². The molecule has 1 saturated heterocycles. The fourth-order valence-electron chi connectivity index (χ4n) is 1.62. The number of H-pyrrole nitrogens is 1. The predicted octanol–water partition coefficient (Wildman–Crippen LogP) is 0.490. The summed E-state index contributed by atoms with van der Waals surface area (Å²) in [6.45, 7) is 0.932. The van der Waals surface area contributed by atoms with Gasteiger partial charge in [0.2, 0.25) is 5.91 Å². The minimum atomic E-state index is -0.0490. The van der Waals surface area contributed by atoms with Crippen LogP contribution in [0.1, 0.15) is 19.3 Å². The van der Waals surface area contributed by atoms with Crippen molar-refractivity contribution in [2.24, 2.45) is 0 Å². The lowest BCUT2D eigenvalue weighted by atomic mass is 10.0. The SMILES string of the molecule is O=C(Nc1ccn[nH]1)[C@H]1CCCCN1. The molecule has 0 spiro atoms. The number of piperidine rings is 1. The zero-order valence-electron chi connectivity index (χ0n) is 7.92. The van der Waals surface area contributed by atoms with Crippen molar-refractivity contribution in [2.75, 3.05) is 11.9 Å². The summed E-state index contributed by atoms with van der Waals surface area (Å²) < 4.78 is 0. The molecule has 1 fully saturated rings. The molecule has 0 unspecified atom stereocenters. The molecule has 14 heavy (non-hydrogen) atoms. The standard InChI is InChI=1S/C9H14N4O/c14-9(7-3-1-2-5-10-7)12-8-4-6-11-13-8/h4,6-7,10H,1-3,5H2,(H2,11,12,13,14)/t7-/m1/s1. The number of aromatic amines is 1. The van der Waals surface area contributed by atoms with Gasteiger partial charge in [0.25, 0.3) is 0 Å². The summed E-state index contributed by atoms with van der Waals surface area (Å²) in [4.78, 5) is 11.6. The molecule has 3 N–H and O–H groups in total. The second kappa shape index (κ2) is 4.23. The summed E-state index contributed by atoms with van der Waals surface area (Å²) in [6.07, 6.45) is 4.81. The van der Waals surface area contributed by atoms with Crippen LogP contribution < -0.4 is 10.6 Å². The van der Waals surface area contributed by atoms with E-state index in [4.69, 9.17) is 0 Å². The van der Waals surface area contributed by atoms with Gasteiger partial charge in [-0.3, -0.25) is 9.89 Å². The third kappa shape index (κ3) is 2.11.